The third kappa shape index (κ3) is 4.48. The maximum absolute atomic E-state index is 13.0. The highest BCUT2D eigenvalue weighted by Crippen LogP contribution is 2.19. The van der Waals surface area contributed by atoms with Crippen LogP contribution < -0.4 is 5.32 Å². The van der Waals surface area contributed by atoms with Gasteiger partial charge in [-0.05, 0) is 44.1 Å². The van der Waals surface area contributed by atoms with E-state index in [2.05, 4.69) is 10.2 Å². The van der Waals surface area contributed by atoms with E-state index in [1.54, 1.807) is 0 Å². The number of hydrogen-bond acceptors (Lipinski definition) is 2. The van der Waals surface area contributed by atoms with Crippen molar-refractivity contribution in [3.05, 3.63) is 29.0 Å². The van der Waals surface area contributed by atoms with E-state index in [0.29, 0.717) is 12.1 Å². The number of likely N-dealkylation sites (tertiary alicyclic amines) is 1. The third-order valence-corrected chi connectivity index (χ3v) is 3.60. The summed E-state index contributed by atoms with van der Waals surface area (Å²) < 4.78 is 13.0. The van der Waals surface area contributed by atoms with Crippen LogP contribution in [0.5, 0.6) is 0 Å². The van der Waals surface area contributed by atoms with Crippen molar-refractivity contribution in [3.8, 4) is 0 Å². The fourth-order valence-corrected chi connectivity index (χ4v) is 2.42. The number of carbonyl (C=O) groups is 1. The molecule has 1 amide bonds. The van der Waals surface area contributed by atoms with Crippen LogP contribution in [0.15, 0.2) is 18.2 Å². The summed E-state index contributed by atoms with van der Waals surface area (Å²) in [7, 11) is 0. The van der Waals surface area contributed by atoms with Gasteiger partial charge in [0.25, 0.3) is 0 Å². The SMILES string of the molecule is O=C(CCN1CCCCC1)Nc1ccc(F)c(Cl)c1. The molecule has 1 heterocycles. The van der Waals surface area contributed by atoms with Gasteiger partial charge in [-0.2, -0.15) is 0 Å². The van der Waals surface area contributed by atoms with Crippen molar-refractivity contribution in [3.63, 3.8) is 0 Å². The van der Waals surface area contributed by atoms with Crippen molar-refractivity contribution in [2.75, 3.05) is 25.0 Å². The minimum absolute atomic E-state index is 0.0221. The van der Waals surface area contributed by atoms with Gasteiger partial charge < -0.3 is 10.2 Å². The summed E-state index contributed by atoms with van der Waals surface area (Å²) in [5, 5.41) is 2.75. The lowest BCUT2D eigenvalue weighted by atomic mass is 10.1. The molecule has 5 heteroatoms. The smallest absolute Gasteiger partial charge is 0.225 e. The maximum Gasteiger partial charge on any atom is 0.225 e. The Bertz CT molecular complexity index is 447. The average Bonchev–Trinajstić information content (AvgIpc) is 2.42. The van der Waals surface area contributed by atoms with Gasteiger partial charge in [-0.15, -0.1) is 0 Å². The molecule has 1 aromatic carbocycles. The van der Waals surface area contributed by atoms with Crippen molar-refractivity contribution in [1.82, 2.24) is 4.90 Å². The zero-order valence-electron chi connectivity index (χ0n) is 10.8. The Balaban J connectivity index is 1.78. The van der Waals surface area contributed by atoms with Gasteiger partial charge in [0.15, 0.2) is 0 Å². The summed E-state index contributed by atoms with van der Waals surface area (Å²) in [6.45, 7) is 2.94. The topological polar surface area (TPSA) is 32.3 Å². The van der Waals surface area contributed by atoms with Crippen LogP contribution in [-0.4, -0.2) is 30.4 Å². The number of hydrogen-bond donors (Lipinski definition) is 1. The highest BCUT2D eigenvalue weighted by molar-refractivity contribution is 6.31. The van der Waals surface area contributed by atoms with E-state index in [0.717, 1.165) is 19.6 Å². The molecule has 0 unspecified atom stereocenters. The average molecular weight is 285 g/mol. The molecule has 0 atom stereocenters. The Kier molecular flexibility index (Phi) is 5.16. The van der Waals surface area contributed by atoms with Gasteiger partial charge in [-0.1, -0.05) is 18.0 Å². The minimum Gasteiger partial charge on any atom is -0.326 e. The van der Waals surface area contributed by atoms with Crippen molar-refractivity contribution in [2.24, 2.45) is 0 Å². The van der Waals surface area contributed by atoms with E-state index in [9.17, 15) is 9.18 Å². The molecule has 0 aliphatic carbocycles. The number of piperidine rings is 1. The van der Waals surface area contributed by atoms with Crippen LogP contribution in [0.4, 0.5) is 10.1 Å². The molecule has 1 N–H and O–H groups in total. The van der Waals surface area contributed by atoms with E-state index >= 15 is 0 Å². The van der Waals surface area contributed by atoms with E-state index in [1.165, 1.54) is 37.5 Å². The number of carbonyl (C=O) groups excluding carboxylic acids is 1. The first-order valence-electron chi connectivity index (χ1n) is 6.62. The lowest BCUT2D eigenvalue weighted by Crippen LogP contribution is -2.32. The van der Waals surface area contributed by atoms with Crippen LogP contribution in [0.25, 0.3) is 0 Å². The molecule has 2 rings (SSSR count). The van der Waals surface area contributed by atoms with Crippen LogP contribution in [0.3, 0.4) is 0 Å². The fraction of sp³-hybridized carbons (Fsp3) is 0.500. The van der Waals surface area contributed by atoms with Crippen molar-refractivity contribution in [2.45, 2.75) is 25.7 Å². The number of anilines is 1. The first kappa shape index (κ1) is 14.3. The number of benzene rings is 1. The van der Waals surface area contributed by atoms with Crippen LogP contribution >= 0.6 is 11.6 Å². The fourth-order valence-electron chi connectivity index (χ4n) is 2.24. The first-order chi connectivity index (χ1) is 9.15. The number of nitrogens with one attached hydrogen (secondary N) is 1. The van der Waals surface area contributed by atoms with Crippen LogP contribution in [0, 0.1) is 5.82 Å². The lowest BCUT2D eigenvalue weighted by Gasteiger charge is -2.25. The predicted octanol–water partition coefficient (Wildman–Crippen LogP) is 3.29. The van der Waals surface area contributed by atoms with Gasteiger partial charge in [-0.3, -0.25) is 4.79 Å². The monoisotopic (exact) mass is 284 g/mol. The molecule has 1 fully saturated rings. The molecule has 1 aromatic rings. The molecule has 1 aliphatic heterocycles. The first-order valence-corrected chi connectivity index (χ1v) is 7.00. The molecule has 0 aromatic heterocycles. The maximum atomic E-state index is 13.0. The van der Waals surface area contributed by atoms with Crippen LogP contribution in [-0.2, 0) is 4.79 Å². The normalized spacial score (nSPS) is 16.3. The van der Waals surface area contributed by atoms with E-state index < -0.39 is 5.82 Å². The lowest BCUT2D eigenvalue weighted by molar-refractivity contribution is -0.116. The highest BCUT2D eigenvalue weighted by atomic mass is 35.5. The van der Waals surface area contributed by atoms with Crippen molar-refractivity contribution < 1.29 is 9.18 Å². The summed E-state index contributed by atoms with van der Waals surface area (Å²) in [5.74, 6) is -0.541. The van der Waals surface area contributed by atoms with Crippen LogP contribution in [0.2, 0.25) is 5.02 Å². The molecule has 1 aliphatic rings. The molecule has 3 nitrogen and oxygen atoms in total. The molecular weight excluding hydrogens is 267 g/mol. The molecule has 0 radical (unpaired) electrons. The summed E-state index contributed by atoms with van der Waals surface area (Å²) in [6.07, 6.45) is 4.18. The number of halogens is 2. The second kappa shape index (κ2) is 6.87. The van der Waals surface area contributed by atoms with Gasteiger partial charge in [0, 0.05) is 18.7 Å². The number of rotatable bonds is 4. The molecule has 0 saturated carbocycles. The molecule has 0 spiro atoms. The third-order valence-electron chi connectivity index (χ3n) is 3.31. The standard InChI is InChI=1S/C14H18ClFN2O/c15-12-10-11(4-5-13(12)16)17-14(19)6-9-18-7-2-1-3-8-18/h4-5,10H,1-3,6-9H2,(H,17,19). The molecule has 19 heavy (non-hydrogen) atoms. The van der Waals surface area contributed by atoms with Gasteiger partial charge in [0.1, 0.15) is 5.82 Å². The Morgan fingerprint density at radius 2 is 2.05 bits per heavy atom. The summed E-state index contributed by atoms with van der Waals surface area (Å²) in [6, 6.07) is 4.19. The van der Waals surface area contributed by atoms with Gasteiger partial charge in [0.2, 0.25) is 5.91 Å². The Labute approximate surface area is 117 Å². The second-order valence-corrected chi connectivity index (χ2v) is 5.24. The zero-order chi connectivity index (χ0) is 13.7. The van der Waals surface area contributed by atoms with E-state index in [1.807, 2.05) is 0 Å². The molecule has 104 valence electrons. The van der Waals surface area contributed by atoms with Gasteiger partial charge >= 0.3 is 0 Å². The minimum atomic E-state index is -0.479. The summed E-state index contributed by atoms with van der Waals surface area (Å²) >= 11 is 5.66. The van der Waals surface area contributed by atoms with Gasteiger partial charge in [0.05, 0.1) is 5.02 Å². The number of nitrogens with zero attached hydrogens (tertiary/aromatic N) is 1. The second-order valence-electron chi connectivity index (χ2n) is 4.83. The quantitative estimate of drug-likeness (QED) is 0.920. The largest absolute Gasteiger partial charge is 0.326 e. The highest BCUT2D eigenvalue weighted by Gasteiger charge is 2.12. The molecule has 1 saturated heterocycles. The van der Waals surface area contributed by atoms with Crippen LogP contribution in [0.1, 0.15) is 25.7 Å². The molecular formula is C14H18ClFN2O. The Morgan fingerprint density at radius 3 is 2.74 bits per heavy atom. The summed E-state index contributed by atoms with van der Waals surface area (Å²) in [5.41, 5.74) is 0.537. The molecule has 0 bridgehead atoms. The zero-order valence-corrected chi connectivity index (χ0v) is 11.5. The van der Waals surface area contributed by atoms with Crippen molar-refractivity contribution in [1.29, 1.82) is 0 Å². The Morgan fingerprint density at radius 1 is 1.32 bits per heavy atom. The van der Waals surface area contributed by atoms with E-state index in [-0.39, 0.29) is 10.9 Å². The Hall–Kier alpha value is -1.13. The van der Waals surface area contributed by atoms with E-state index in [4.69, 9.17) is 11.6 Å². The van der Waals surface area contributed by atoms with Gasteiger partial charge in [-0.25, -0.2) is 4.39 Å². The van der Waals surface area contributed by atoms with Crippen molar-refractivity contribution >= 4 is 23.2 Å². The predicted molar refractivity (Wildman–Crippen MR) is 74.9 cm³/mol. The number of amides is 1. The summed E-state index contributed by atoms with van der Waals surface area (Å²) in [4.78, 5) is 14.1.